The van der Waals surface area contributed by atoms with E-state index in [0.717, 1.165) is 47.1 Å². The molecular weight excluding hydrogens is 416 g/mol. The first-order valence-electron chi connectivity index (χ1n) is 12.7. The summed E-state index contributed by atoms with van der Waals surface area (Å²) >= 11 is 0. The van der Waals surface area contributed by atoms with Crippen molar-refractivity contribution < 1.29 is 9.59 Å². The Kier molecular flexibility index (Phi) is 6.32. The standard InChI is InChI=1S/C32H32O2/c1-3-5-9-21(4-2)14-22-11-8-12-24-15-25-17-27-16-23-10-6-7-13-28(23)32(31(34)20-33)30(27)19-26(25)18-29(22)24/h6-8,10-13,15,17,19-21H,3-5,9,14,16,18H2,1-2H3. The lowest BCUT2D eigenvalue weighted by atomic mass is 9.80. The zero-order valence-electron chi connectivity index (χ0n) is 20.2. The van der Waals surface area contributed by atoms with E-state index in [2.05, 4.69) is 56.3 Å². The van der Waals surface area contributed by atoms with E-state index in [9.17, 15) is 9.59 Å². The number of hydrogen-bond acceptors (Lipinski definition) is 2. The van der Waals surface area contributed by atoms with E-state index in [1.165, 1.54) is 53.2 Å². The maximum absolute atomic E-state index is 12.7. The molecule has 0 radical (unpaired) electrons. The van der Waals surface area contributed by atoms with Gasteiger partial charge in [-0.05, 0) is 86.7 Å². The van der Waals surface area contributed by atoms with Crippen LogP contribution in [-0.4, -0.2) is 12.1 Å². The van der Waals surface area contributed by atoms with E-state index in [1.54, 1.807) is 0 Å². The summed E-state index contributed by atoms with van der Waals surface area (Å²) in [6.07, 6.45) is 10.6. The fourth-order valence-electron chi connectivity index (χ4n) is 5.78. The minimum absolute atomic E-state index is 0.434. The van der Waals surface area contributed by atoms with Crippen LogP contribution in [0.3, 0.4) is 0 Å². The maximum atomic E-state index is 12.7. The lowest BCUT2D eigenvalue weighted by Gasteiger charge is -2.23. The van der Waals surface area contributed by atoms with E-state index >= 15 is 0 Å². The summed E-state index contributed by atoms with van der Waals surface area (Å²) in [6, 6.07) is 19.1. The molecule has 34 heavy (non-hydrogen) atoms. The van der Waals surface area contributed by atoms with Gasteiger partial charge in [0.25, 0.3) is 0 Å². The van der Waals surface area contributed by atoms with Crippen LogP contribution in [0.1, 0.15) is 78.5 Å². The number of rotatable bonds is 8. The first-order chi connectivity index (χ1) is 16.6. The number of unbranched alkanes of at least 4 members (excludes halogenated alkanes) is 1. The molecule has 0 aromatic heterocycles. The van der Waals surface area contributed by atoms with Crippen molar-refractivity contribution in [1.82, 2.24) is 0 Å². The molecule has 1 unspecified atom stereocenters. The summed E-state index contributed by atoms with van der Waals surface area (Å²) in [4.78, 5) is 24.3. The van der Waals surface area contributed by atoms with Crippen molar-refractivity contribution in [2.75, 3.05) is 0 Å². The van der Waals surface area contributed by atoms with Crippen LogP contribution < -0.4 is 10.4 Å². The van der Waals surface area contributed by atoms with Crippen molar-refractivity contribution in [2.24, 2.45) is 5.92 Å². The fourth-order valence-corrected chi connectivity index (χ4v) is 5.78. The minimum Gasteiger partial charge on any atom is -0.294 e. The SMILES string of the molecule is CCCCC(CC)Cc1cccc2c1Cc1cc3c(cc1=C2)Cc1ccccc1C=3C(=O)C=O. The zero-order chi connectivity index (χ0) is 23.7. The number of Topliss-reactive ketones (excluding diaryl/α,β-unsaturated/α-hetero) is 1. The smallest absolute Gasteiger partial charge is 0.226 e. The van der Waals surface area contributed by atoms with Crippen molar-refractivity contribution in [3.8, 4) is 0 Å². The van der Waals surface area contributed by atoms with Crippen molar-refractivity contribution in [1.29, 1.82) is 0 Å². The molecule has 0 aliphatic heterocycles. The van der Waals surface area contributed by atoms with Crippen LogP contribution in [0, 0.1) is 5.92 Å². The molecule has 2 nitrogen and oxygen atoms in total. The lowest BCUT2D eigenvalue weighted by Crippen LogP contribution is -2.30. The van der Waals surface area contributed by atoms with Gasteiger partial charge in [-0.1, -0.05) is 88.1 Å². The zero-order valence-corrected chi connectivity index (χ0v) is 20.2. The highest BCUT2D eigenvalue weighted by Gasteiger charge is 2.23. The molecule has 0 saturated carbocycles. The molecule has 0 saturated heterocycles. The monoisotopic (exact) mass is 448 g/mol. The third-order valence-electron chi connectivity index (χ3n) is 7.69. The van der Waals surface area contributed by atoms with Gasteiger partial charge in [-0.2, -0.15) is 0 Å². The van der Waals surface area contributed by atoms with Gasteiger partial charge in [0.2, 0.25) is 5.78 Å². The van der Waals surface area contributed by atoms with Crippen LogP contribution in [0.25, 0.3) is 11.6 Å². The second kappa shape index (κ2) is 9.54. The van der Waals surface area contributed by atoms with Crippen LogP contribution in [0.5, 0.6) is 0 Å². The number of carbonyl (C=O) groups is 2. The summed E-state index contributed by atoms with van der Waals surface area (Å²) in [5.41, 5.74) is 9.13. The summed E-state index contributed by atoms with van der Waals surface area (Å²) < 4.78 is 0. The number of carbonyl (C=O) groups excluding carboxylic acids is 2. The van der Waals surface area contributed by atoms with Crippen molar-refractivity contribution in [3.05, 3.63) is 104 Å². The van der Waals surface area contributed by atoms with Gasteiger partial charge in [0.05, 0.1) is 0 Å². The number of ketones is 1. The highest BCUT2D eigenvalue weighted by Crippen LogP contribution is 2.28. The van der Waals surface area contributed by atoms with Crippen LogP contribution in [0.2, 0.25) is 0 Å². The van der Waals surface area contributed by atoms with Gasteiger partial charge in [-0.25, -0.2) is 0 Å². The predicted molar refractivity (Wildman–Crippen MR) is 138 cm³/mol. The lowest BCUT2D eigenvalue weighted by molar-refractivity contribution is -0.126. The van der Waals surface area contributed by atoms with E-state index in [4.69, 9.17) is 0 Å². The molecule has 2 aliphatic rings. The molecule has 5 rings (SSSR count). The Morgan fingerprint density at radius 1 is 0.971 bits per heavy atom. The van der Waals surface area contributed by atoms with Gasteiger partial charge in [-0.15, -0.1) is 0 Å². The molecule has 3 aromatic rings. The van der Waals surface area contributed by atoms with Crippen LogP contribution in [-0.2, 0) is 28.9 Å². The molecule has 3 aromatic carbocycles. The molecule has 1 atom stereocenters. The maximum Gasteiger partial charge on any atom is 0.226 e. The average molecular weight is 449 g/mol. The molecule has 0 fully saturated rings. The first-order valence-corrected chi connectivity index (χ1v) is 12.7. The Bertz CT molecular complexity index is 1390. The summed E-state index contributed by atoms with van der Waals surface area (Å²) in [5, 5.41) is 2.16. The normalized spacial score (nSPS) is 14.2. The van der Waals surface area contributed by atoms with E-state index < -0.39 is 5.78 Å². The predicted octanol–water partition coefficient (Wildman–Crippen LogP) is 5.05. The minimum atomic E-state index is -0.434. The second-order valence-electron chi connectivity index (χ2n) is 9.83. The van der Waals surface area contributed by atoms with Gasteiger partial charge in [-0.3, -0.25) is 9.59 Å². The van der Waals surface area contributed by atoms with Crippen molar-refractivity contribution >= 4 is 23.7 Å². The number of benzene rings is 3. The Labute approximate surface area is 202 Å². The van der Waals surface area contributed by atoms with E-state index in [0.29, 0.717) is 11.9 Å². The summed E-state index contributed by atoms with van der Waals surface area (Å²) in [6.45, 7) is 4.57. The van der Waals surface area contributed by atoms with Gasteiger partial charge < -0.3 is 0 Å². The molecule has 0 heterocycles. The highest BCUT2D eigenvalue weighted by molar-refractivity contribution is 6.46. The Balaban J connectivity index is 1.62. The molecule has 0 N–H and O–H groups in total. The third kappa shape index (κ3) is 4.07. The molecule has 2 aliphatic carbocycles. The Hall–Kier alpha value is -3.26. The van der Waals surface area contributed by atoms with Gasteiger partial charge in [0.15, 0.2) is 6.29 Å². The van der Waals surface area contributed by atoms with Crippen LogP contribution in [0.15, 0.2) is 54.6 Å². The summed E-state index contributed by atoms with van der Waals surface area (Å²) in [7, 11) is 0. The molecule has 0 spiro atoms. The molecule has 0 bridgehead atoms. The van der Waals surface area contributed by atoms with Crippen LogP contribution in [0.4, 0.5) is 0 Å². The average Bonchev–Trinajstić information content (AvgIpc) is 2.87. The molecule has 2 heteroatoms. The quantitative estimate of drug-likeness (QED) is 0.279. The Morgan fingerprint density at radius 2 is 1.82 bits per heavy atom. The number of fused-ring (bicyclic) bond motifs is 4. The molecular formula is C32H32O2. The second-order valence-corrected chi connectivity index (χ2v) is 9.83. The third-order valence-corrected chi connectivity index (χ3v) is 7.69. The van der Waals surface area contributed by atoms with Crippen molar-refractivity contribution in [3.63, 3.8) is 0 Å². The van der Waals surface area contributed by atoms with E-state index in [1.807, 2.05) is 18.2 Å². The van der Waals surface area contributed by atoms with Gasteiger partial charge in [0, 0.05) is 5.57 Å². The topological polar surface area (TPSA) is 34.1 Å². The van der Waals surface area contributed by atoms with E-state index in [-0.39, 0.29) is 0 Å². The summed E-state index contributed by atoms with van der Waals surface area (Å²) in [5.74, 6) is 0.286. The fraction of sp³-hybridized carbons (Fsp3) is 0.312. The Morgan fingerprint density at radius 3 is 2.62 bits per heavy atom. The highest BCUT2D eigenvalue weighted by atomic mass is 16.2. The van der Waals surface area contributed by atoms with Crippen LogP contribution >= 0.6 is 0 Å². The largest absolute Gasteiger partial charge is 0.294 e. The molecule has 172 valence electrons. The van der Waals surface area contributed by atoms with Gasteiger partial charge in [0.1, 0.15) is 0 Å². The first kappa shape index (κ1) is 22.5. The van der Waals surface area contributed by atoms with Gasteiger partial charge >= 0.3 is 0 Å². The molecule has 0 amide bonds. The number of aldehydes is 1. The van der Waals surface area contributed by atoms with Crippen molar-refractivity contribution in [2.45, 2.75) is 58.8 Å². The number of hydrogen-bond donors (Lipinski definition) is 0.